The summed E-state index contributed by atoms with van der Waals surface area (Å²) < 4.78 is 35.9. The molecule has 2 fully saturated rings. The lowest BCUT2D eigenvalue weighted by molar-refractivity contribution is -0.0417. The Morgan fingerprint density at radius 1 is 1.16 bits per heavy atom. The molecule has 8 heteroatoms. The van der Waals surface area contributed by atoms with Crippen molar-refractivity contribution < 1.29 is 28.1 Å². The average Bonchev–Trinajstić information content (AvgIpc) is 3.12. The highest BCUT2D eigenvalue weighted by Crippen LogP contribution is 2.35. The molecular weight excluding hydrogens is 448 g/mol. The Morgan fingerprint density at radius 2 is 1.91 bits per heavy atom. The first-order valence-electron chi connectivity index (χ1n) is 11.4. The summed E-state index contributed by atoms with van der Waals surface area (Å²) >= 11 is 0. The maximum atomic E-state index is 12.3. The normalized spacial score (nSPS) is 29.0. The molecule has 0 aromatic heterocycles. The number of hydrogen-bond acceptors (Lipinski definition) is 7. The largest absolute Gasteiger partial charge is 0.394 e. The first kappa shape index (κ1) is 25.5. The number of rotatable bonds is 7. The number of aryl methyl sites for hydroxylation is 1. The van der Waals surface area contributed by atoms with Gasteiger partial charge in [-0.2, -0.15) is 0 Å². The summed E-state index contributed by atoms with van der Waals surface area (Å²) in [6, 6.07) is 6.79. The van der Waals surface area contributed by atoms with Gasteiger partial charge in [-0.15, -0.1) is 0 Å². The van der Waals surface area contributed by atoms with Gasteiger partial charge in [-0.05, 0) is 50.7 Å². The average molecular weight is 483 g/mol. The zero-order valence-corrected chi connectivity index (χ0v) is 20.2. The second-order valence-corrected chi connectivity index (χ2v) is 12.6. The van der Waals surface area contributed by atoms with Crippen LogP contribution in [-0.2, 0) is 18.3 Å². The Labute approximate surface area is 195 Å². The molecule has 1 saturated carbocycles. The molecule has 0 spiro atoms. The molecule has 0 bridgehead atoms. The van der Waals surface area contributed by atoms with Crippen molar-refractivity contribution in [1.29, 1.82) is 0 Å². The van der Waals surface area contributed by atoms with E-state index in [0.717, 1.165) is 54.9 Å². The van der Waals surface area contributed by atoms with Gasteiger partial charge >= 0.3 is 0 Å². The maximum Gasteiger partial charge on any atom is 0.232 e. The van der Waals surface area contributed by atoms with Gasteiger partial charge in [0.25, 0.3) is 0 Å². The minimum atomic E-state index is -3.42. The third-order valence-electron chi connectivity index (χ3n) is 6.30. The van der Waals surface area contributed by atoms with Crippen molar-refractivity contribution in [2.45, 2.75) is 75.1 Å². The highest BCUT2D eigenvalue weighted by Gasteiger charge is 2.37. The first-order chi connectivity index (χ1) is 15.4. The van der Waals surface area contributed by atoms with E-state index in [-0.39, 0.29) is 30.2 Å². The Bertz CT molecular complexity index is 874. The molecule has 1 aliphatic heterocycles. The van der Waals surface area contributed by atoms with Crippen LogP contribution in [0.3, 0.4) is 0 Å². The number of aliphatic hydroxyl groups is 2. The van der Waals surface area contributed by atoms with E-state index in [1.807, 2.05) is 6.92 Å². The quantitative estimate of drug-likeness (QED) is 0.266. The SMILES string of the molecule is Cc1ccc(S(=O)(=O)SCOCC#CC2CCCCC(C3CC(O)C(CO)O3)CC2)cc1. The van der Waals surface area contributed by atoms with Gasteiger partial charge < -0.3 is 19.7 Å². The van der Waals surface area contributed by atoms with Crippen LogP contribution in [0.5, 0.6) is 0 Å². The van der Waals surface area contributed by atoms with Gasteiger partial charge in [0.2, 0.25) is 8.87 Å². The lowest BCUT2D eigenvalue weighted by atomic mass is 9.82. The van der Waals surface area contributed by atoms with Crippen LogP contribution in [-0.4, -0.2) is 56.1 Å². The molecule has 1 aromatic rings. The monoisotopic (exact) mass is 482 g/mol. The lowest BCUT2D eigenvalue weighted by Gasteiger charge is -2.27. The molecule has 32 heavy (non-hydrogen) atoms. The van der Waals surface area contributed by atoms with E-state index in [0.29, 0.717) is 18.3 Å². The van der Waals surface area contributed by atoms with Crippen LogP contribution >= 0.6 is 10.8 Å². The minimum Gasteiger partial charge on any atom is -0.394 e. The second kappa shape index (κ2) is 12.4. The van der Waals surface area contributed by atoms with Crippen LogP contribution in [0.25, 0.3) is 0 Å². The Morgan fingerprint density at radius 3 is 2.62 bits per heavy atom. The molecule has 3 rings (SSSR count). The molecule has 178 valence electrons. The van der Waals surface area contributed by atoms with Gasteiger partial charge in [-0.1, -0.05) is 42.4 Å². The second-order valence-electron chi connectivity index (χ2n) is 8.69. The van der Waals surface area contributed by atoms with Crippen LogP contribution in [0.1, 0.15) is 50.5 Å². The fraction of sp³-hybridized carbons (Fsp3) is 0.667. The van der Waals surface area contributed by atoms with Crippen LogP contribution in [0.2, 0.25) is 0 Å². The van der Waals surface area contributed by atoms with Gasteiger partial charge in [0.15, 0.2) is 0 Å². The molecule has 1 heterocycles. The van der Waals surface area contributed by atoms with E-state index < -0.39 is 21.1 Å². The molecule has 0 amide bonds. The molecule has 0 radical (unpaired) electrons. The van der Waals surface area contributed by atoms with E-state index in [1.54, 1.807) is 24.3 Å². The first-order valence-corrected chi connectivity index (χ1v) is 14.3. The van der Waals surface area contributed by atoms with Crippen LogP contribution < -0.4 is 0 Å². The Kier molecular flexibility index (Phi) is 9.90. The topological polar surface area (TPSA) is 93.1 Å². The zero-order valence-electron chi connectivity index (χ0n) is 18.6. The molecule has 5 atom stereocenters. The predicted octanol–water partition coefficient (Wildman–Crippen LogP) is 3.49. The van der Waals surface area contributed by atoms with Crippen molar-refractivity contribution in [2.75, 3.05) is 19.2 Å². The summed E-state index contributed by atoms with van der Waals surface area (Å²) in [6.45, 7) is 2.00. The lowest BCUT2D eigenvalue weighted by Crippen LogP contribution is -2.26. The predicted molar refractivity (Wildman–Crippen MR) is 126 cm³/mol. The van der Waals surface area contributed by atoms with Crippen LogP contribution in [0.15, 0.2) is 29.2 Å². The van der Waals surface area contributed by atoms with Gasteiger partial charge in [0, 0.05) is 23.1 Å². The molecule has 5 unspecified atom stereocenters. The summed E-state index contributed by atoms with van der Waals surface area (Å²) in [6.07, 6.45) is 5.95. The Hall–Kier alpha value is -1.08. The fourth-order valence-corrected chi connectivity index (χ4v) is 6.60. The number of benzene rings is 1. The summed E-state index contributed by atoms with van der Waals surface area (Å²) in [5.41, 5.74) is 1.02. The molecule has 2 aliphatic rings. The van der Waals surface area contributed by atoms with Crippen molar-refractivity contribution in [2.24, 2.45) is 11.8 Å². The fourth-order valence-electron chi connectivity index (χ4n) is 4.40. The zero-order chi connectivity index (χ0) is 23.0. The summed E-state index contributed by atoms with van der Waals surface area (Å²) in [5, 5.41) is 19.3. The molecule has 2 N–H and O–H groups in total. The van der Waals surface area contributed by atoms with Crippen molar-refractivity contribution >= 4 is 19.7 Å². The molecule has 1 aromatic carbocycles. The number of hydrogen-bond donors (Lipinski definition) is 2. The molecule has 6 nitrogen and oxygen atoms in total. The van der Waals surface area contributed by atoms with E-state index in [9.17, 15) is 18.6 Å². The maximum absolute atomic E-state index is 12.3. The van der Waals surface area contributed by atoms with E-state index in [1.165, 1.54) is 0 Å². The van der Waals surface area contributed by atoms with E-state index >= 15 is 0 Å². The molecule has 1 saturated heterocycles. The van der Waals surface area contributed by atoms with Gasteiger partial charge in [-0.25, -0.2) is 8.42 Å². The number of ether oxygens (including phenoxy) is 2. The third-order valence-corrected chi connectivity index (χ3v) is 9.52. The molecule has 1 aliphatic carbocycles. The molecular formula is C24H34O6S2. The van der Waals surface area contributed by atoms with Gasteiger partial charge in [-0.3, -0.25) is 0 Å². The van der Waals surface area contributed by atoms with Crippen LogP contribution in [0.4, 0.5) is 0 Å². The van der Waals surface area contributed by atoms with Crippen molar-refractivity contribution in [3.8, 4) is 11.8 Å². The minimum absolute atomic E-state index is 0.0182. The standard InChI is InChI=1S/C24H34O6S2/c1-18-8-12-21(13-9-18)32(27,28)31-17-29-14-4-6-19-5-2-3-7-20(11-10-19)23-15-22(26)24(16-25)30-23/h8-9,12-13,19-20,22-26H,2-3,5,7,10-11,14-17H2,1H3. The summed E-state index contributed by atoms with van der Waals surface area (Å²) in [5.74, 6) is 7.10. The van der Waals surface area contributed by atoms with E-state index in [4.69, 9.17) is 9.47 Å². The van der Waals surface area contributed by atoms with Crippen molar-refractivity contribution in [1.82, 2.24) is 0 Å². The van der Waals surface area contributed by atoms with Gasteiger partial charge in [0.1, 0.15) is 18.6 Å². The van der Waals surface area contributed by atoms with Crippen LogP contribution in [0, 0.1) is 30.6 Å². The smallest absolute Gasteiger partial charge is 0.232 e. The summed E-state index contributed by atoms with van der Waals surface area (Å²) in [4.78, 5) is 0.288. The Balaban J connectivity index is 1.40. The van der Waals surface area contributed by atoms with Crippen molar-refractivity contribution in [3.05, 3.63) is 29.8 Å². The highest BCUT2D eigenvalue weighted by molar-refractivity contribution is 8.72. The number of aliphatic hydroxyl groups excluding tert-OH is 2. The van der Waals surface area contributed by atoms with Gasteiger partial charge in [0.05, 0.1) is 23.7 Å². The highest BCUT2D eigenvalue weighted by atomic mass is 33.1. The van der Waals surface area contributed by atoms with E-state index in [2.05, 4.69) is 11.8 Å². The third kappa shape index (κ3) is 7.47. The summed E-state index contributed by atoms with van der Waals surface area (Å²) in [7, 11) is -2.64. The van der Waals surface area contributed by atoms with Crippen molar-refractivity contribution in [3.63, 3.8) is 0 Å².